The lowest BCUT2D eigenvalue weighted by Crippen LogP contribution is -2.09. The molecular formula is C16H21N3O4. The first-order chi connectivity index (χ1) is 11.0. The fourth-order valence-corrected chi connectivity index (χ4v) is 1.53. The van der Waals surface area contributed by atoms with Crippen molar-refractivity contribution in [3.8, 4) is 5.88 Å². The Bertz CT molecular complexity index is 636. The molecule has 23 heavy (non-hydrogen) atoms. The lowest BCUT2D eigenvalue weighted by Gasteiger charge is -2.08. The molecular weight excluding hydrogens is 298 g/mol. The molecule has 0 N–H and O–H groups in total. The van der Waals surface area contributed by atoms with Crippen molar-refractivity contribution in [1.82, 2.24) is 4.98 Å². The normalized spacial score (nSPS) is 12.8. The molecule has 0 unspecified atom stereocenters. The molecule has 1 heterocycles. The van der Waals surface area contributed by atoms with Gasteiger partial charge in [-0.25, -0.2) is 4.98 Å². The Balaban J connectivity index is 3.07. The molecule has 0 amide bonds. The third-order valence-electron chi connectivity index (χ3n) is 2.80. The van der Waals surface area contributed by atoms with Gasteiger partial charge >= 0.3 is 0 Å². The Morgan fingerprint density at radius 2 is 1.96 bits per heavy atom. The molecule has 1 rings (SSSR count). The summed E-state index contributed by atoms with van der Waals surface area (Å²) < 4.78 is 4.95. The number of ketones is 1. The summed E-state index contributed by atoms with van der Waals surface area (Å²) in [5.41, 5.74) is 1.97. The van der Waals surface area contributed by atoms with Crippen molar-refractivity contribution in [1.29, 1.82) is 0 Å². The number of Topliss-reactive ketones (excluding diaryl/α,β-unsaturated/α-hetero) is 1. The molecule has 1 aromatic heterocycles. The number of hydrogen-bond donors (Lipinski definition) is 0. The van der Waals surface area contributed by atoms with Crippen LogP contribution in [0.4, 0.5) is 0 Å². The minimum atomic E-state index is -0.167. The lowest BCUT2D eigenvalue weighted by molar-refractivity contribution is -0.111. The van der Waals surface area contributed by atoms with Crippen molar-refractivity contribution < 1.29 is 19.2 Å². The Hall–Kier alpha value is -2.70. The van der Waals surface area contributed by atoms with E-state index in [0.717, 1.165) is 0 Å². The Labute approximate surface area is 135 Å². The van der Waals surface area contributed by atoms with E-state index >= 15 is 0 Å². The van der Waals surface area contributed by atoms with Crippen molar-refractivity contribution in [3.05, 3.63) is 30.2 Å². The molecule has 0 aliphatic carbocycles. The van der Waals surface area contributed by atoms with Crippen LogP contribution in [0.3, 0.4) is 0 Å². The van der Waals surface area contributed by atoms with E-state index in [0.29, 0.717) is 29.2 Å². The predicted molar refractivity (Wildman–Crippen MR) is 88.4 cm³/mol. The number of rotatable bonds is 8. The van der Waals surface area contributed by atoms with Crippen molar-refractivity contribution >= 4 is 22.8 Å². The summed E-state index contributed by atoms with van der Waals surface area (Å²) in [6.07, 6.45) is 2.90. The summed E-state index contributed by atoms with van der Waals surface area (Å²) in [5.74, 6) is 0.0362. The molecule has 124 valence electrons. The van der Waals surface area contributed by atoms with Gasteiger partial charge in [0.25, 0.3) is 5.88 Å². The molecule has 0 bridgehead atoms. The van der Waals surface area contributed by atoms with Crippen LogP contribution in [-0.4, -0.2) is 35.9 Å². The summed E-state index contributed by atoms with van der Waals surface area (Å²) in [7, 11) is 1.47. The van der Waals surface area contributed by atoms with Crippen molar-refractivity contribution in [2.45, 2.75) is 27.7 Å². The maximum absolute atomic E-state index is 11.7. The first-order valence-electron chi connectivity index (χ1n) is 7.09. The van der Waals surface area contributed by atoms with E-state index in [2.05, 4.69) is 15.3 Å². The van der Waals surface area contributed by atoms with Crippen molar-refractivity contribution in [3.63, 3.8) is 0 Å². The van der Waals surface area contributed by atoms with Gasteiger partial charge in [-0.3, -0.25) is 4.79 Å². The van der Waals surface area contributed by atoms with Gasteiger partial charge in [-0.1, -0.05) is 10.3 Å². The van der Waals surface area contributed by atoms with Crippen LogP contribution in [0.5, 0.6) is 5.88 Å². The number of allylic oxidation sites excluding steroid dienone is 1. The van der Waals surface area contributed by atoms with Gasteiger partial charge in [-0.2, -0.15) is 0 Å². The standard InChI is InChI=1S/C16H21N3O4/c1-6-22-18-11(2)12(3)19-23-16-14(8-7-9-17-16)15(10-21-5)13(4)20/h7-10H,6H2,1-5H3. The average Bonchev–Trinajstić information content (AvgIpc) is 2.55. The van der Waals surface area contributed by atoms with Gasteiger partial charge in [-0.05, 0) is 39.8 Å². The van der Waals surface area contributed by atoms with Crippen molar-refractivity contribution in [2.75, 3.05) is 13.7 Å². The molecule has 0 radical (unpaired) electrons. The van der Waals surface area contributed by atoms with Gasteiger partial charge in [0.05, 0.1) is 24.5 Å². The summed E-state index contributed by atoms with van der Waals surface area (Å²) in [6.45, 7) is 7.24. The van der Waals surface area contributed by atoms with Gasteiger partial charge in [0.15, 0.2) is 5.78 Å². The van der Waals surface area contributed by atoms with Gasteiger partial charge in [0.2, 0.25) is 0 Å². The van der Waals surface area contributed by atoms with Crippen LogP contribution in [0.1, 0.15) is 33.3 Å². The van der Waals surface area contributed by atoms with Crippen LogP contribution in [0.25, 0.3) is 5.57 Å². The van der Waals surface area contributed by atoms with E-state index in [9.17, 15) is 4.79 Å². The highest BCUT2D eigenvalue weighted by atomic mass is 16.6. The zero-order valence-electron chi connectivity index (χ0n) is 14.0. The minimum absolute atomic E-state index is 0.167. The molecule has 0 fully saturated rings. The second kappa shape index (κ2) is 9.34. The highest BCUT2D eigenvalue weighted by Gasteiger charge is 2.15. The zero-order chi connectivity index (χ0) is 17.2. The largest absolute Gasteiger partial charge is 0.504 e. The molecule has 1 aromatic rings. The summed E-state index contributed by atoms with van der Waals surface area (Å²) in [4.78, 5) is 26.2. The van der Waals surface area contributed by atoms with Gasteiger partial charge in [-0.15, -0.1) is 0 Å². The molecule has 7 heteroatoms. The number of nitrogens with zero attached hydrogens (tertiary/aromatic N) is 3. The minimum Gasteiger partial charge on any atom is -0.504 e. The maximum atomic E-state index is 11.7. The van der Waals surface area contributed by atoms with E-state index < -0.39 is 0 Å². The number of carbonyl (C=O) groups excluding carboxylic acids is 1. The number of ether oxygens (including phenoxy) is 1. The Morgan fingerprint density at radius 3 is 2.57 bits per heavy atom. The smallest absolute Gasteiger partial charge is 0.256 e. The summed E-state index contributed by atoms with van der Waals surface area (Å²) in [5, 5.41) is 7.84. The van der Waals surface area contributed by atoms with Crippen LogP contribution in [0.15, 0.2) is 34.9 Å². The van der Waals surface area contributed by atoms with E-state index in [1.807, 2.05) is 6.92 Å². The van der Waals surface area contributed by atoms with Crippen molar-refractivity contribution in [2.24, 2.45) is 10.3 Å². The highest BCUT2D eigenvalue weighted by molar-refractivity contribution is 6.40. The van der Waals surface area contributed by atoms with E-state index in [1.165, 1.54) is 20.3 Å². The third-order valence-corrected chi connectivity index (χ3v) is 2.80. The number of pyridine rings is 1. The SMILES string of the molecule is CCON=C(C)C(C)=NOc1ncccc1C(=COC)C(C)=O. The monoisotopic (exact) mass is 319 g/mol. The van der Waals surface area contributed by atoms with Gasteiger partial charge < -0.3 is 14.4 Å². The van der Waals surface area contributed by atoms with E-state index in [-0.39, 0.29) is 11.7 Å². The van der Waals surface area contributed by atoms with Crippen LogP contribution in [0, 0.1) is 0 Å². The predicted octanol–water partition coefficient (Wildman–Crippen LogP) is 2.83. The number of carbonyl (C=O) groups is 1. The highest BCUT2D eigenvalue weighted by Crippen LogP contribution is 2.24. The Morgan fingerprint density at radius 1 is 1.26 bits per heavy atom. The third kappa shape index (κ3) is 5.54. The first kappa shape index (κ1) is 18.3. The first-order valence-corrected chi connectivity index (χ1v) is 7.09. The van der Waals surface area contributed by atoms with Crippen LogP contribution >= 0.6 is 0 Å². The maximum Gasteiger partial charge on any atom is 0.256 e. The molecule has 0 aliphatic heterocycles. The number of hydrogen-bond acceptors (Lipinski definition) is 7. The van der Waals surface area contributed by atoms with E-state index in [1.54, 1.807) is 32.2 Å². The van der Waals surface area contributed by atoms with Crippen LogP contribution in [-0.2, 0) is 14.4 Å². The van der Waals surface area contributed by atoms with Gasteiger partial charge in [0.1, 0.15) is 18.0 Å². The fourth-order valence-electron chi connectivity index (χ4n) is 1.53. The van der Waals surface area contributed by atoms with Gasteiger partial charge in [0, 0.05) is 6.20 Å². The quantitative estimate of drug-likeness (QED) is 0.318. The molecule has 0 spiro atoms. The molecule has 0 saturated heterocycles. The molecule has 0 aliphatic rings. The summed E-state index contributed by atoms with van der Waals surface area (Å²) in [6, 6.07) is 3.41. The number of methoxy groups -OCH3 is 1. The second-order valence-corrected chi connectivity index (χ2v) is 4.54. The van der Waals surface area contributed by atoms with Crippen LogP contribution < -0.4 is 4.84 Å². The molecule has 0 aromatic carbocycles. The Kier molecular flexibility index (Phi) is 7.45. The molecule has 0 saturated carbocycles. The van der Waals surface area contributed by atoms with E-state index in [4.69, 9.17) is 14.4 Å². The number of oxime groups is 2. The second-order valence-electron chi connectivity index (χ2n) is 4.54. The lowest BCUT2D eigenvalue weighted by atomic mass is 10.1. The number of aromatic nitrogens is 1. The molecule has 0 atom stereocenters. The topological polar surface area (TPSA) is 82.4 Å². The van der Waals surface area contributed by atoms with Crippen LogP contribution in [0.2, 0.25) is 0 Å². The average molecular weight is 319 g/mol. The fraction of sp³-hybridized carbons (Fsp3) is 0.375. The zero-order valence-corrected chi connectivity index (χ0v) is 14.0. The summed E-state index contributed by atoms with van der Waals surface area (Å²) >= 11 is 0. The molecule has 7 nitrogen and oxygen atoms in total.